The van der Waals surface area contributed by atoms with Crippen molar-refractivity contribution in [3.8, 4) is 17.6 Å². The maximum absolute atomic E-state index is 12.3. The fraction of sp³-hybridized carbons (Fsp3) is 0.600. The van der Waals surface area contributed by atoms with Crippen molar-refractivity contribution in [3.63, 3.8) is 0 Å². The summed E-state index contributed by atoms with van der Waals surface area (Å²) in [6, 6.07) is 6.34. The highest BCUT2D eigenvalue weighted by molar-refractivity contribution is 5.30. The van der Waals surface area contributed by atoms with Crippen molar-refractivity contribution in [1.82, 2.24) is 0 Å². The molecule has 0 unspecified atom stereocenters. The third kappa shape index (κ3) is 7.14. The van der Waals surface area contributed by atoms with E-state index in [1.54, 1.807) is 12.1 Å². The molecule has 1 aromatic carbocycles. The molecule has 1 aromatic rings. The number of allylic oxidation sites excluding steroid dienone is 2. The minimum absolute atomic E-state index is 0.157. The van der Waals surface area contributed by atoms with Crippen LogP contribution in [0.15, 0.2) is 36.4 Å². The molecule has 2 saturated carbocycles. The zero-order valence-corrected chi connectivity index (χ0v) is 17.2. The fourth-order valence-electron chi connectivity index (χ4n) is 4.65. The highest BCUT2D eigenvalue weighted by Gasteiger charge is 2.31. The van der Waals surface area contributed by atoms with Gasteiger partial charge in [-0.1, -0.05) is 43.4 Å². The van der Waals surface area contributed by atoms with Crippen molar-refractivity contribution < 1.29 is 17.9 Å². The van der Waals surface area contributed by atoms with E-state index >= 15 is 0 Å². The quantitative estimate of drug-likeness (QED) is 0.469. The van der Waals surface area contributed by atoms with E-state index < -0.39 is 6.36 Å². The fourth-order valence-corrected chi connectivity index (χ4v) is 4.65. The van der Waals surface area contributed by atoms with E-state index in [1.165, 1.54) is 44.2 Å². The number of benzene rings is 1. The van der Waals surface area contributed by atoms with Crippen LogP contribution in [0, 0.1) is 29.6 Å². The van der Waals surface area contributed by atoms with Crippen LogP contribution in [0.25, 0.3) is 0 Å². The van der Waals surface area contributed by atoms with E-state index in [-0.39, 0.29) is 5.75 Å². The lowest BCUT2D eigenvalue weighted by atomic mass is 9.79. The van der Waals surface area contributed by atoms with Crippen LogP contribution in [-0.2, 0) is 0 Å². The van der Waals surface area contributed by atoms with Gasteiger partial charge in [0.15, 0.2) is 0 Å². The normalized spacial score (nSPS) is 28.0. The topological polar surface area (TPSA) is 9.23 Å². The second-order valence-corrected chi connectivity index (χ2v) is 8.50. The lowest BCUT2D eigenvalue weighted by Crippen LogP contribution is -2.17. The average molecular weight is 405 g/mol. The predicted octanol–water partition coefficient (Wildman–Crippen LogP) is 7.64. The van der Waals surface area contributed by atoms with Crippen molar-refractivity contribution in [2.24, 2.45) is 17.8 Å². The first kappa shape index (κ1) is 21.8. The SMILES string of the molecule is CC[C@H]1CC[C@H](/C=C/C#C[C@H]2CC[C@H](c3ccc(OC(F)(F)F)cc3)CC2)CC1. The summed E-state index contributed by atoms with van der Waals surface area (Å²) in [5.41, 5.74) is 1.09. The largest absolute Gasteiger partial charge is 0.573 e. The zero-order chi connectivity index (χ0) is 20.7. The monoisotopic (exact) mass is 404 g/mol. The Morgan fingerprint density at radius 1 is 0.966 bits per heavy atom. The van der Waals surface area contributed by atoms with Crippen LogP contribution in [0.3, 0.4) is 0 Å². The van der Waals surface area contributed by atoms with Gasteiger partial charge < -0.3 is 4.74 Å². The average Bonchev–Trinajstić information content (AvgIpc) is 2.72. The lowest BCUT2D eigenvalue weighted by Gasteiger charge is -2.26. The predicted molar refractivity (Wildman–Crippen MR) is 110 cm³/mol. The first-order valence-electron chi connectivity index (χ1n) is 11.0. The Balaban J connectivity index is 1.42. The second-order valence-electron chi connectivity index (χ2n) is 8.50. The molecule has 29 heavy (non-hydrogen) atoms. The van der Waals surface area contributed by atoms with Gasteiger partial charge in [-0.3, -0.25) is 0 Å². The van der Waals surface area contributed by atoms with Crippen LogP contribution in [0.4, 0.5) is 13.2 Å². The number of hydrogen-bond acceptors (Lipinski definition) is 1. The molecule has 3 rings (SSSR count). The Hall–Kier alpha value is -1.89. The van der Waals surface area contributed by atoms with Crippen LogP contribution in [0.2, 0.25) is 0 Å². The molecule has 0 aliphatic heterocycles. The summed E-state index contributed by atoms with van der Waals surface area (Å²) < 4.78 is 40.7. The molecule has 2 aliphatic carbocycles. The number of ether oxygens (including phenoxy) is 1. The molecule has 158 valence electrons. The summed E-state index contributed by atoms with van der Waals surface area (Å²) in [4.78, 5) is 0. The number of hydrogen-bond donors (Lipinski definition) is 0. The Kier molecular flexibility index (Phi) is 7.70. The third-order valence-corrected chi connectivity index (χ3v) is 6.52. The molecule has 0 saturated heterocycles. The molecule has 0 N–H and O–H groups in total. The van der Waals surface area contributed by atoms with Gasteiger partial charge in [0.2, 0.25) is 0 Å². The van der Waals surface area contributed by atoms with Crippen molar-refractivity contribution in [2.75, 3.05) is 0 Å². The van der Waals surface area contributed by atoms with Crippen LogP contribution in [0.5, 0.6) is 5.75 Å². The molecule has 0 radical (unpaired) electrons. The third-order valence-electron chi connectivity index (χ3n) is 6.52. The summed E-state index contributed by atoms with van der Waals surface area (Å²) in [6.45, 7) is 2.29. The second kappa shape index (κ2) is 10.2. The van der Waals surface area contributed by atoms with Crippen LogP contribution in [0.1, 0.15) is 76.2 Å². The molecular formula is C25H31F3O. The first-order chi connectivity index (χ1) is 13.9. The highest BCUT2D eigenvalue weighted by Crippen LogP contribution is 2.36. The number of halogens is 3. The van der Waals surface area contributed by atoms with Crippen LogP contribution < -0.4 is 4.74 Å². The zero-order valence-electron chi connectivity index (χ0n) is 17.2. The standard InChI is InChI=1S/C25H31F3O/c1-2-19-7-9-20(10-8-19)5-3-4-6-21-11-13-22(14-12-21)23-15-17-24(18-16-23)29-25(26,27)28/h3,5,15-22H,2,7-14H2,1H3/b5-3+/t19-,20-,21-,22-. The smallest absolute Gasteiger partial charge is 0.406 e. The summed E-state index contributed by atoms with van der Waals surface area (Å²) in [5.74, 6) is 8.96. The summed E-state index contributed by atoms with van der Waals surface area (Å²) in [7, 11) is 0. The van der Waals surface area contributed by atoms with Crippen molar-refractivity contribution in [2.45, 2.75) is 77.0 Å². The van der Waals surface area contributed by atoms with Crippen molar-refractivity contribution >= 4 is 0 Å². The Bertz CT molecular complexity index is 707. The van der Waals surface area contributed by atoms with E-state index in [9.17, 15) is 13.2 Å². The van der Waals surface area contributed by atoms with E-state index in [1.807, 2.05) is 0 Å². The van der Waals surface area contributed by atoms with Gasteiger partial charge in [-0.05, 0) is 92.9 Å². The van der Waals surface area contributed by atoms with Gasteiger partial charge in [0.25, 0.3) is 0 Å². The summed E-state index contributed by atoms with van der Waals surface area (Å²) in [6.07, 6.45) is 10.5. The van der Waals surface area contributed by atoms with Gasteiger partial charge in [-0.2, -0.15) is 0 Å². The van der Waals surface area contributed by atoms with E-state index in [4.69, 9.17) is 0 Å². The van der Waals surface area contributed by atoms with E-state index in [0.29, 0.717) is 17.8 Å². The molecule has 2 aliphatic rings. The Morgan fingerprint density at radius 2 is 1.62 bits per heavy atom. The van der Waals surface area contributed by atoms with Crippen LogP contribution in [-0.4, -0.2) is 6.36 Å². The molecule has 0 bridgehead atoms. The number of rotatable bonds is 4. The van der Waals surface area contributed by atoms with Gasteiger partial charge in [0, 0.05) is 5.92 Å². The Morgan fingerprint density at radius 3 is 2.21 bits per heavy atom. The van der Waals surface area contributed by atoms with Gasteiger partial charge in [0.1, 0.15) is 5.75 Å². The maximum Gasteiger partial charge on any atom is 0.573 e. The van der Waals surface area contributed by atoms with E-state index in [2.05, 4.69) is 35.7 Å². The molecule has 0 heterocycles. The molecule has 2 fully saturated rings. The van der Waals surface area contributed by atoms with E-state index in [0.717, 1.165) is 37.2 Å². The Labute approximate surface area is 172 Å². The highest BCUT2D eigenvalue weighted by atomic mass is 19.4. The molecular weight excluding hydrogens is 373 g/mol. The molecule has 0 spiro atoms. The summed E-state index contributed by atoms with van der Waals surface area (Å²) >= 11 is 0. The van der Waals surface area contributed by atoms with Crippen molar-refractivity contribution in [3.05, 3.63) is 42.0 Å². The first-order valence-corrected chi connectivity index (χ1v) is 11.0. The summed E-state index contributed by atoms with van der Waals surface area (Å²) in [5, 5.41) is 0. The molecule has 0 amide bonds. The maximum atomic E-state index is 12.3. The van der Waals surface area contributed by atoms with Gasteiger partial charge in [-0.25, -0.2) is 0 Å². The minimum Gasteiger partial charge on any atom is -0.406 e. The van der Waals surface area contributed by atoms with Crippen molar-refractivity contribution in [1.29, 1.82) is 0 Å². The van der Waals surface area contributed by atoms with Crippen LogP contribution >= 0.6 is 0 Å². The van der Waals surface area contributed by atoms with Gasteiger partial charge in [-0.15, -0.1) is 13.2 Å². The lowest BCUT2D eigenvalue weighted by molar-refractivity contribution is -0.274. The molecule has 1 nitrogen and oxygen atoms in total. The van der Waals surface area contributed by atoms with Gasteiger partial charge >= 0.3 is 6.36 Å². The van der Waals surface area contributed by atoms with Gasteiger partial charge in [0.05, 0.1) is 0 Å². The number of alkyl halides is 3. The molecule has 0 atom stereocenters. The minimum atomic E-state index is -4.64. The molecule has 0 aromatic heterocycles. The molecule has 4 heteroatoms.